The van der Waals surface area contributed by atoms with Gasteiger partial charge in [0.25, 0.3) is 0 Å². The van der Waals surface area contributed by atoms with Gasteiger partial charge in [0.1, 0.15) is 0 Å². The van der Waals surface area contributed by atoms with Crippen LogP contribution in [0.4, 0.5) is 0 Å². The van der Waals surface area contributed by atoms with Gasteiger partial charge < -0.3 is 0 Å². The van der Waals surface area contributed by atoms with Gasteiger partial charge in [0.15, 0.2) is 0 Å². The van der Waals surface area contributed by atoms with Crippen LogP contribution in [0.5, 0.6) is 0 Å². The Morgan fingerprint density at radius 3 is 2.17 bits per heavy atom. The van der Waals surface area contributed by atoms with E-state index in [4.69, 9.17) is 0 Å². The SMILES string of the molecule is CCCCCSC(C)(C)CCC. The molecule has 74 valence electrons. The third kappa shape index (κ3) is 7.02. The fourth-order valence-corrected chi connectivity index (χ4v) is 2.62. The summed E-state index contributed by atoms with van der Waals surface area (Å²) in [7, 11) is 0. The summed E-state index contributed by atoms with van der Waals surface area (Å²) < 4.78 is 0.516. The van der Waals surface area contributed by atoms with E-state index in [2.05, 4.69) is 39.5 Å². The second-order valence-corrected chi connectivity index (χ2v) is 5.87. The van der Waals surface area contributed by atoms with Crippen LogP contribution in [0.15, 0.2) is 0 Å². The van der Waals surface area contributed by atoms with E-state index in [9.17, 15) is 0 Å². The monoisotopic (exact) mass is 188 g/mol. The summed E-state index contributed by atoms with van der Waals surface area (Å²) in [6.07, 6.45) is 6.80. The number of rotatable bonds is 7. The van der Waals surface area contributed by atoms with Crippen molar-refractivity contribution in [2.75, 3.05) is 5.75 Å². The van der Waals surface area contributed by atoms with Crippen molar-refractivity contribution in [3.05, 3.63) is 0 Å². The Hall–Kier alpha value is 0.350. The zero-order valence-corrected chi connectivity index (χ0v) is 9.97. The molecule has 0 spiro atoms. The van der Waals surface area contributed by atoms with E-state index in [1.165, 1.54) is 37.9 Å². The Balaban J connectivity index is 3.33. The number of hydrogen-bond acceptors (Lipinski definition) is 1. The van der Waals surface area contributed by atoms with Gasteiger partial charge in [-0.3, -0.25) is 0 Å². The maximum atomic E-state index is 2.37. The van der Waals surface area contributed by atoms with Crippen molar-refractivity contribution in [2.45, 2.75) is 64.5 Å². The molecule has 0 fully saturated rings. The molecule has 0 saturated carbocycles. The summed E-state index contributed by atoms with van der Waals surface area (Å²) in [6.45, 7) is 9.27. The lowest BCUT2D eigenvalue weighted by atomic mass is 10.1. The lowest BCUT2D eigenvalue weighted by Gasteiger charge is -2.23. The van der Waals surface area contributed by atoms with Crippen molar-refractivity contribution < 1.29 is 0 Å². The second-order valence-electron chi connectivity index (χ2n) is 4.07. The van der Waals surface area contributed by atoms with E-state index in [1.807, 2.05) is 0 Å². The first kappa shape index (κ1) is 12.3. The third-order valence-corrected chi connectivity index (χ3v) is 3.57. The molecule has 0 aromatic carbocycles. The average molecular weight is 188 g/mol. The molecule has 0 heterocycles. The standard InChI is InChI=1S/C11H24S/c1-5-7-8-10-12-11(3,4)9-6-2/h5-10H2,1-4H3. The van der Waals surface area contributed by atoms with Crippen molar-refractivity contribution in [3.8, 4) is 0 Å². The predicted octanol–water partition coefficient (Wildman–Crippen LogP) is 4.49. The van der Waals surface area contributed by atoms with E-state index in [-0.39, 0.29) is 0 Å². The first-order valence-electron chi connectivity index (χ1n) is 5.26. The molecule has 12 heavy (non-hydrogen) atoms. The number of thioether (sulfide) groups is 1. The first-order valence-corrected chi connectivity index (χ1v) is 6.25. The van der Waals surface area contributed by atoms with Crippen LogP contribution in [0.25, 0.3) is 0 Å². The number of unbranched alkanes of at least 4 members (excludes halogenated alkanes) is 2. The Morgan fingerprint density at radius 2 is 1.67 bits per heavy atom. The molecule has 0 unspecified atom stereocenters. The van der Waals surface area contributed by atoms with Crippen molar-refractivity contribution in [1.29, 1.82) is 0 Å². The van der Waals surface area contributed by atoms with Crippen LogP contribution in [0.2, 0.25) is 0 Å². The normalized spacial score (nSPS) is 12.0. The highest BCUT2D eigenvalue weighted by Crippen LogP contribution is 2.29. The molecule has 0 atom stereocenters. The summed E-state index contributed by atoms with van der Waals surface area (Å²) in [6, 6.07) is 0. The molecule has 0 aliphatic heterocycles. The van der Waals surface area contributed by atoms with Crippen LogP contribution in [0.1, 0.15) is 59.8 Å². The Morgan fingerprint density at radius 1 is 1.00 bits per heavy atom. The number of hydrogen-bond donors (Lipinski definition) is 0. The highest BCUT2D eigenvalue weighted by atomic mass is 32.2. The lowest BCUT2D eigenvalue weighted by Crippen LogP contribution is -2.14. The Bertz CT molecular complexity index is 97.2. The lowest BCUT2D eigenvalue weighted by molar-refractivity contribution is 0.625. The van der Waals surface area contributed by atoms with E-state index >= 15 is 0 Å². The minimum Gasteiger partial charge on any atom is -0.156 e. The van der Waals surface area contributed by atoms with Crippen LogP contribution < -0.4 is 0 Å². The first-order chi connectivity index (χ1) is 5.62. The van der Waals surface area contributed by atoms with Crippen LogP contribution in [-0.2, 0) is 0 Å². The average Bonchev–Trinajstić information content (AvgIpc) is 1.98. The largest absolute Gasteiger partial charge is 0.156 e. The molecule has 0 bridgehead atoms. The minimum absolute atomic E-state index is 0.516. The molecule has 0 aromatic heterocycles. The maximum absolute atomic E-state index is 2.37. The topological polar surface area (TPSA) is 0 Å². The summed E-state index contributed by atoms with van der Waals surface area (Å²) >= 11 is 2.14. The van der Waals surface area contributed by atoms with Crippen LogP contribution in [0, 0.1) is 0 Å². The fourth-order valence-electron chi connectivity index (χ4n) is 1.37. The van der Waals surface area contributed by atoms with Gasteiger partial charge >= 0.3 is 0 Å². The third-order valence-electron chi connectivity index (χ3n) is 2.09. The van der Waals surface area contributed by atoms with Gasteiger partial charge in [-0.2, -0.15) is 11.8 Å². The van der Waals surface area contributed by atoms with Crippen LogP contribution in [0.3, 0.4) is 0 Å². The van der Waals surface area contributed by atoms with Gasteiger partial charge in [0.2, 0.25) is 0 Å². The van der Waals surface area contributed by atoms with E-state index in [0.29, 0.717) is 4.75 Å². The van der Waals surface area contributed by atoms with Gasteiger partial charge in [-0.15, -0.1) is 0 Å². The van der Waals surface area contributed by atoms with E-state index in [1.54, 1.807) is 0 Å². The summed E-state index contributed by atoms with van der Waals surface area (Å²) in [5.41, 5.74) is 0. The zero-order chi connectivity index (χ0) is 9.45. The van der Waals surface area contributed by atoms with Crippen molar-refractivity contribution in [1.82, 2.24) is 0 Å². The Kier molecular flexibility index (Phi) is 7.02. The molecule has 1 heteroatoms. The van der Waals surface area contributed by atoms with Crippen LogP contribution >= 0.6 is 11.8 Å². The quantitative estimate of drug-likeness (QED) is 0.530. The van der Waals surface area contributed by atoms with Crippen molar-refractivity contribution in [3.63, 3.8) is 0 Å². The summed E-state index contributed by atoms with van der Waals surface area (Å²) in [4.78, 5) is 0. The molecule has 0 aliphatic rings. The van der Waals surface area contributed by atoms with Gasteiger partial charge in [0, 0.05) is 4.75 Å². The van der Waals surface area contributed by atoms with Crippen molar-refractivity contribution in [2.24, 2.45) is 0 Å². The van der Waals surface area contributed by atoms with Gasteiger partial charge in [0.05, 0.1) is 0 Å². The predicted molar refractivity (Wildman–Crippen MR) is 61.0 cm³/mol. The van der Waals surface area contributed by atoms with Crippen LogP contribution in [-0.4, -0.2) is 10.5 Å². The minimum atomic E-state index is 0.516. The molecule has 0 nitrogen and oxygen atoms in total. The molecular weight excluding hydrogens is 164 g/mol. The molecular formula is C11H24S. The zero-order valence-electron chi connectivity index (χ0n) is 9.15. The fraction of sp³-hybridized carbons (Fsp3) is 1.00. The van der Waals surface area contributed by atoms with Crippen molar-refractivity contribution >= 4 is 11.8 Å². The van der Waals surface area contributed by atoms with Gasteiger partial charge in [-0.05, 0) is 18.6 Å². The highest BCUT2D eigenvalue weighted by Gasteiger charge is 2.15. The summed E-state index contributed by atoms with van der Waals surface area (Å²) in [5, 5.41) is 0. The van der Waals surface area contributed by atoms with Gasteiger partial charge in [-0.1, -0.05) is 47.0 Å². The molecule has 0 amide bonds. The Labute approximate surface area is 82.5 Å². The molecule has 0 saturated heterocycles. The summed E-state index contributed by atoms with van der Waals surface area (Å²) in [5.74, 6) is 1.35. The highest BCUT2D eigenvalue weighted by molar-refractivity contribution is 8.00. The molecule has 0 rings (SSSR count). The molecule has 0 radical (unpaired) electrons. The smallest absolute Gasteiger partial charge is 0.0103 e. The molecule has 0 N–H and O–H groups in total. The molecule has 0 aliphatic carbocycles. The van der Waals surface area contributed by atoms with Gasteiger partial charge in [-0.25, -0.2) is 0 Å². The second kappa shape index (κ2) is 6.82. The molecule has 0 aromatic rings. The van der Waals surface area contributed by atoms with E-state index < -0.39 is 0 Å². The van der Waals surface area contributed by atoms with E-state index in [0.717, 1.165) is 0 Å². The maximum Gasteiger partial charge on any atom is 0.0103 e.